The number of aromatic nitrogens is 1. The molecule has 1 fully saturated rings. The van der Waals surface area contributed by atoms with Crippen molar-refractivity contribution in [2.75, 3.05) is 25.1 Å². The van der Waals surface area contributed by atoms with E-state index in [0.717, 1.165) is 37.2 Å². The highest BCUT2D eigenvalue weighted by Crippen LogP contribution is 2.28. The molecular weight excluding hydrogens is 326 g/mol. The Morgan fingerprint density at radius 1 is 1.12 bits per heavy atom. The van der Waals surface area contributed by atoms with Crippen molar-refractivity contribution in [2.45, 2.75) is 32.1 Å². The van der Waals surface area contributed by atoms with Gasteiger partial charge in [-0.25, -0.2) is 4.79 Å². The number of nitrogens with zero attached hydrogens (tertiary/aromatic N) is 3. The zero-order valence-electron chi connectivity index (χ0n) is 15.1. The van der Waals surface area contributed by atoms with Crippen molar-refractivity contribution in [1.82, 2.24) is 4.98 Å². The number of anilines is 1. The minimum Gasteiger partial charge on any atom is -0.465 e. The van der Waals surface area contributed by atoms with Gasteiger partial charge in [-0.15, -0.1) is 0 Å². The van der Waals surface area contributed by atoms with Gasteiger partial charge in [-0.1, -0.05) is 25.3 Å². The third kappa shape index (κ3) is 4.02. The molecule has 134 valence electrons. The van der Waals surface area contributed by atoms with Gasteiger partial charge in [-0.3, -0.25) is 4.98 Å². The van der Waals surface area contributed by atoms with E-state index in [4.69, 9.17) is 4.74 Å². The zero-order chi connectivity index (χ0) is 18.4. The Bertz CT molecular complexity index is 818. The minimum absolute atomic E-state index is 0.397. The molecule has 1 aliphatic rings. The number of esters is 1. The summed E-state index contributed by atoms with van der Waals surface area (Å²) in [6.45, 7) is 1.98. The first-order valence-electron chi connectivity index (χ1n) is 9.07. The number of pyridine rings is 1. The smallest absolute Gasteiger partial charge is 0.337 e. The Labute approximate surface area is 154 Å². The highest BCUT2D eigenvalue weighted by Gasteiger charge is 2.15. The summed E-state index contributed by atoms with van der Waals surface area (Å²) in [4.78, 5) is 18.4. The summed E-state index contributed by atoms with van der Waals surface area (Å²) in [5.74, 6) is -0.397. The van der Waals surface area contributed by atoms with Crippen LogP contribution in [0.3, 0.4) is 0 Å². The van der Waals surface area contributed by atoms with Crippen LogP contribution in [0.1, 0.15) is 48.0 Å². The molecule has 3 rings (SSSR count). The molecule has 0 amide bonds. The molecule has 5 nitrogen and oxygen atoms in total. The van der Waals surface area contributed by atoms with Gasteiger partial charge >= 0.3 is 5.97 Å². The molecule has 0 unspecified atom stereocenters. The number of nitriles is 1. The Morgan fingerprint density at radius 2 is 1.85 bits per heavy atom. The maximum absolute atomic E-state index is 11.7. The first-order chi connectivity index (χ1) is 12.7. The molecule has 0 saturated carbocycles. The van der Waals surface area contributed by atoms with Gasteiger partial charge < -0.3 is 9.64 Å². The lowest BCUT2D eigenvalue weighted by atomic mass is 10.0. The van der Waals surface area contributed by atoms with Crippen LogP contribution in [-0.4, -0.2) is 31.2 Å². The van der Waals surface area contributed by atoms with E-state index in [1.54, 1.807) is 18.3 Å². The molecular formula is C21H23N3O2. The largest absolute Gasteiger partial charge is 0.465 e. The van der Waals surface area contributed by atoms with E-state index in [9.17, 15) is 10.1 Å². The molecule has 0 spiro atoms. The molecule has 1 aromatic carbocycles. The van der Waals surface area contributed by atoms with Crippen LogP contribution in [0.25, 0.3) is 11.3 Å². The molecule has 0 aliphatic carbocycles. The Balaban J connectivity index is 1.91. The van der Waals surface area contributed by atoms with E-state index in [0.29, 0.717) is 16.8 Å². The average molecular weight is 349 g/mol. The number of carbonyl (C=O) groups is 1. The summed E-state index contributed by atoms with van der Waals surface area (Å²) in [6, 6.07) is 11.5. The van der Waals surface area contributed by atoms with Gasteiger partial charge in [0.05, 0.1) is 29.6 Å². The van der Waals surface area contributed by atoms with Crippen molar-refractivity contribution < 1.29 is 9.53 Å². The highest BCUT2D eigenvalue weighted by molar-refractivity contribution is 5.90. The molecule has 1 aromatic heterocycles. The predicted molar refractivity (Wildman–Crippen MR) is 101 cm³/mol. The molecule has 26 heavy (non-hydrogen) atoms. The summed E-state index contributed by atoms with van der Waals surface area (Å²) in [5.41, 5.74) is 3.56. The molecule has 5 heteroatoms. The molecule has 0 atom stereocenters. The topological polar surface area (TPSA) is 66.2 Å². The van der Waals surface area contributed by atoms with Crippen LogP contribution in [-0.2, 0) is 4.74 Å². The average Bonchev–Trinajstić information content (AvgIpc) is 2.67. The monoisotopic (exact) mass is 349 g/mol. The van der Waals surface area contributed by atoms with Crippen LogP contribution in [0.15, 0.2) is 36.5 Å². The Morgan fingerprint density at radius 3 is 2.54 bits per heavy atom. The number of hydrogen-bond donors (Lipinski definition) is 0. The lowest BCUT2D eigenvalue weighted by Crippen LogP contribution is -2.27. The molecule has 2 aromatic rings. The quantitative estimate of drug-likeness (QED) is 0.778. The number of rotatable bonds is 3. The van der Waals surface area contributed by atoms with Crippen LogP contribution < -0.4 is 4.90 Å². The highest BCUT2D eigenvalue weighted by atomic mass is 16.5. The van der Waals surface area contributed by atoms with E-state index in [1.807, 2.05) is 18.2 Å². The van der Waals surface area contributed by atoms with Crippen molar-refractivity contribution in [1.29, 1.82) is 5.26 Å². The number of ether oxygens (including phenoxy) is 1. The van der Waals surface area contributed by atoms with Gasteiger partial charge in [0, 0.05) is 24.8 Å². The van der Waals surface area contributed by atoms with Crippen LogP contribution >= 0.6 is 0 Å². The van der Waals surface area contributed by atoms with E-state index in [2.05, 4.69) is 16.0 Å². The van der Waals surface area contributed by atoms with E-state index in [1.165, 1.54) is 26.4 Å². The molecule has 0 radical (unpaired) electrons. The standard InChI is InChI=1S/C21H23N3O2/c1-26-21(25)17-9-10-23-19(14-17)16-7-8-20(18(13-16)15-22)24-11-5-3-2-4-6-12-24/h7-10,13-14H,2-6,11-12H2,1H3. The van der Waals surface area contributed by atoms with E-state index >= 15 is 0 Å². The van der Waals surface area contributed by atoms with Crippen LogP contribution in [0, 0.1) is 11.3 Å². The van der Waals surface area contributed by atoms with Gasteiger partial charge in [0.15, 0.2) is 0 Å². The lowest BCUT2D eigenvalue weighted by molar-refractivity contribution is 0.0600. The summed E-state index contributed by atoms with van der Waals surface area (Å²) in [5, 5.41) is 9.66. The molecule has 1 saturated heterocycles. The molecule has 2 heterocycles. The number of benzene rings is 1. The normalized spacial score (nSPS) is 14.8. The second kappa shape index (κ2) is 8.48. The third-order valence-electron chi connectivity index (χ3n) is 4.79. The number of hydrogen-bond acceptors (Lipinski definition) is 5. The van der Waals surface area contributed by atoms with E-state index < -0.39 is 5.97 Å². The fourth-order valence-electron chi connectivity index (χ4n) is 3.38. The summed E-state index contributed by atoms with van der Waals surface area (Å²) < 4.78 is 4.77. The predicted octanol–water partition coefficient (Wildman–Crippen LogP) is 4.18. The first-order valence-corrected chi connectivity index (χ1v) is 9.07. The van der Waals surface area contributed by atoms with Gasteiger partial charge in [-0.05, 0) is 37.1 Å². The van der Waals surface area contributed by atoms with Crippen molar-refractivity contribution in [3.05, 3.63) is 47.7 Å². The molecule has 1 aliphatic heterocycles. The second-order valence-electron chi connectivity index (χ2n) is 6.52. The van der Waals surface area contributed by atoms with Gasteiger partial charge in [-0.2, -0.15) is 5.26 Å². The molecule has 0 bridgehead atoms. The van der Waals surface area contributed by atoms with Crippen molar-refractivity contribution >= 4 is 11.7 Å². The van der Waals surface area contributed by atoms with Crippen molar-refractivity contribution in [3.63, 3.8) is 0 Å². The minimum atomic E-state index is -0.397. The Kier molecular flexibility index (Phi) is 5.85. The fraction of sp³-hybridized carbons (Fsp3) is 0.381. The SMILES string of the molecule is COC(=O)c1ccnc(-c2ccc(N3CCCCCCC3)c(C#N)c2)c1. The van der Waals surface area contributed by atoms with Crippen molar-refractivity contribution in [2.24, 2.45) is 0 Å². The fourth-order valence-corrected chi connectivity index (χ4v) is 3.38. The van der Waals surface area contributed by atoms with Crippen LogP contribution in [0.2, 0.25) is 0 Å². The van der Waals surface area contributed by atoms with Crippen LogP contribution in [0.4, 0.5) is 5.69 Å². The first kappa shape index (κ1) is 17.9. The van der Waals surface area contributed by atoms with E-state index in [-0.39, 0.29) is 0 Å². The maximum atomic E-state index is 11.7. The zero-order valence-corrected chi connectivity index (χ0v) is 15.1. The third-order valence-corrected chi connectivity index (χ3v) is 4.79. The van der Waals surface area contributed by atoms with Gasteiger partial charge in [0.1, 0.15) is 6.07 Å². The maximum Gasteiger partial charge on any atom is 0.337 e. The molecule has 0 N–H and O–H groups in total. The van der Waals surface area contributed by atoms with Gasteiger partial charge in [0.2, 0.25) is 0 Å². The number of methoxy groups -OCH3 is 1. The summed E-state index contributed by atoms with van der Waals surface area (Å²) in [6.07, 6.45) is 7.71. The Hall–Kier alpha value is -2.87. The van der Waals surface area contributed by atoms with Crippen LogP contribution in [0.5, 0.6) is 0 Å². The second-order valence-corrected chi connectivity index (χ2v) is 6.52. The lowest BCUT2D eigenvalue weighted by Gasteiger charge is -2.27. The number of carbonyl (C=O) groups excluding carboxylic acids is 1. The summed E-state index contributed by atoms with van der Waals surface area (Å²) >= 11 is 0. The van der Waals surface area contributed by atoms with Gasteiger partial charge in [0.25, 0.3) is 0 Å². The van der Waals surface area contributed by atoms with Crippen molar-refractivity contribution in [3.8, 4) is 17.3 Å². The summed E-state index contributed by atoms with van der Waals surface area (Å²) in [7, 11) is 1.36.